The maximum absolute atomic E-state index is 13.2. The Balaban J connectivity index is 3.04. The molecular formula is C9H6BrF3O2. The second-order valence-corrected chi connectivity index (χ2v) is 3.76. The second kappa shape index (κ2) is 4.22. The molecule has 6 heteroatoms. The standard InChI is InChI=1S/C9H6BrF3O2/c10-6-2-1-5(3-7(6)11)9(12,13)4-8(14)15/h1-3H,4H2,(H,14,15). The van der Waals surface area contributed by atoms with E-state index in [2.05, 4.69) is 15.9 Å². The lowest BCUT2D eigenvalue weighted by Crippen LogP contribution is -2.18. The zero-order chi connectivity index (χ0) is 11.6. The Hall–Kier alpha value is -1.04. The summed E-state index contributed by atoms with van der Waals surface area (Å²) in [6, 6.07) is 2.71. The van der Waals surface area contributed by atoms with E-state index in [1.54, 1.807) is 0 Å². The smallest absolute Gasteiger partial charge is 0.309 e. The van der Waals surface area contributed by atoms with E-state index in [1.165, 1.54) is 0 Å². The molecule has 0 aliphatic carbocycles. The van der Waals surface area contributed by atoms with Gasteiger partial charge in [-0.3, -0.25) is 4.79 Å². The zero-order valence-corrected chi connectivity index (χ0v) is 8.89. The van der Waals surface area contributed by atoms with E-state index in [4.69, 9.17) is 5.11 Å². The lowest BCUT2D eigenvalue weighted by molar-refractivity contribution is -0.145. The number of carboxylic acids is 1. The monoisotopic (exact) mass is 282 g/mol. The summed E-state index contributed by atoms with van der Waals surface area (Å²) in [6.07, 6.45) is -1.35. The second-order valence-electron chi connectivity index (χ2n) is 2.90. The number of carbonyl (C=O) groups is 1. The van der Waals surface area contributed by atoms with Gasteiger partial charge in [-0.25, -0.2) is 13.2 Å². The van der Waals surface area contributed by atoms with E-state index in [9.17, 15) is 18.0 Å². The zero-order valence-electron chi connectivity index (χ0n) is 7.31. The number of hydrogen-bond donors (Lipinski definition) is 1. The van der Waals surface area contributed by atoms with E-state index in [-0.39, 0.29) is 4.47 Å². The Labute approximate surface area is 91.8 Å². The first-order valence-electron chi connectivity index (χ1n) is 3.88. The van der Waals surface area contributed by atoms with E-state index in [1.807, 2.05) is 0 Å². The minimum absolute atomic E-state index is 0.0531. The van der Waals surface area contributed by atoms with Gasteiger partial charge in [-0.2, -0.15) is 0 Å². The van der Waals surface area contributed by atoms with Crippen molar-refractivity contribution in [3.05, 3.63) is 34.1 Å². The quantitative estimate of drug-likeness (QED) is 0.925. The van der Waals surface area contributed by atoms with Crippen molar-refractivity contribution in [2.75, 3.05) is 0 Å². The first-order chi connectivity index (χ1) is 6.83. The van der Waals surface area contributed by atoms with E-state index < -0.39 is 29.7 Å². The van der Waals surface area contributed by atoms with Gasteiger partial charge in [0.2, 0.25) is 0 Å². The molecule has 1 aromatic rings. The molecule has 1 aromatic carbocycles. The first-order valence-corrected chi connectivity index (χ1v) is 4.67. The van der Waals surface area contributed by atoms with Crippen LogP contribution in [0.25, 0.3) is 0 Å². The Morgan fingerprint density at radius 1 is 1.47 bits per heavy atom. The molecule has 0 aliphatic heterocycles. The van der Waals surface area contributed by atoms with Crippen LogP contribution in [-0.4, -0.2) is 11.1 Å². The van der Waals surface area contributed by atoms with Crippen LogP contribution in [0.2, 0.25) is 0 Å². The molecule has 0 saturated heterocycles. The number of rotatable bonds is 3. The average Bonchev–Trinajstić information content (AvgIpc) is 2.07. The molecule has 2 nitrogen and oxygen atoms in total. The van der Waals surface area contributed by atoms with E-state index in [0.29, 0.717) is 6.07 Å². The third kappa shape index (κ3) is 2.95. The summed E-state index contributed by atoms with van der Waals surface area (Å²) in [5.41, 5.74) is -0.648. The Morgan fingerprint density at radius 3 is 2.53 bits per heavy atom. The molecule has 0 atom stereocenters. The van der Waals surface area contributed by atoms with Crippen LogP contribution in [0.3, 0.4) is 0 Å². The van der Waals surface area contributed by atoms with Crippen LogP contribution in [0.1, 0.15) is 12.0 Å². The molecule has 82 valence electrons. The van der Waals surface area contributed by atoms with Crippen molar-refractivity contribution in [1.29, 1.82) is 0 Å². The fourth-order valence-corrected chi connectivity index (χ4v) is 1.26. The highest BCUT2D eigenvalue weighted by Gasteiger charge is 2.35. The number of carboxylic acid groups (broad SMARTS) is 1. The van der Waals surface area contributed by atoms with E-state index >= 15 is 0 Å². The highest BCUT2D eigenvalue weighted by molar-refractivity contribution is 9.10. The SMILES string of the molecule is O=C(O)CC(F)(F)c1ccc(Br)c(F)c1. The predicted octanol–water partition coefficient (Wildman–Crippen LogP) is 3.15. The molecule has 0 fully saturated rings. The number of halogens is 4. The number of aliphatic carboxylic acids is 1. The summed E-state index contributed by atoms with van der Waals surface area (Å²) in [5, 5.41) is 8.25. The lowest BCUT2D eigenvalue weighted by atomic mass is 10.1. The summed E-state index contributed by atoms with van der Waals surface area (Å²) in [7, 11) is 0. The number of benzene rings is 1. The minimum Gasteiger partial charge on any atom is -0.481 e. The number of hydrogen-bond acceptors (Lipinski definition) is 1. The van der Waals surface area contributed by atoms with Crippen LogP contribution < -0.4 is 0 Å². The van der Waals surface area contributed by atoms with Crippen molar-refractivity contribution in [2.45, 2.75) is 12.3 Å². The summed E-state index contributed by atoms with van der Waals surface area (Å²) in [4.78, 5) is 10.2. The maximum Gasteiger partial charge on any atom is 0.309 e. The molecule has 0 aliphatic rings. The summed E-state index contributed by atoms with van der Waals surface area (Å²) >= 11 is 2.81. The molecule has 0 aromatic heterocycles. The third-order valence-electron chi connectivity index (χ3n) is 1.72. The van der Waals surface area contributed by atoms with Crippen LogP contribution in [0.15, 0.2) is 22.7 Å². The van der Waals surface area contributed by atoms with Gasteiger partial charge >= 0.3 is 5.97 Å². The molecule has 0 saturated carbocycles. The molecule has 15 heavy (non-hydrogen) atoms. The lowest BCUT2D eigenvalue weighted by Gasteiger charge is -2.14. The van der Waals surface area contributed by atoms with Crippen molar-refractivity contribution in [2.24, 2.45) is 0 Å². The van der Waals surface area contributed by atoms with Gasteiger partial charge in [0, 0.05) is 5.56 Å². The van der Waals surface area contributed by atoms with Gasteiger partial charge in [-0.15, -0.1) is 0 Å². The van der Waals surface area contributed by atoms with Crippen molar-refractivity contribution in [3.8, 4) is 0 Å². The molecule has 1 N–H and O–H groups in total. The van der Waals surface area contributed by atoms with Crippen molar-refractivity contribution in [1.82, 2.24) is 0 Å². The van der Waals surface area contributed by atoms with Crippen molar-refractivity contribution >= 4 is 21.9 Å². The normalized spacial score (nSPS) is 11.5. The molecule has 0 spiro atoms. The molecule has 0 bridgehead atoms. The van der Waals surface area contributed by atoms with Crippen LogP contribution >= 0.6 is 15.9 Å². The molecule has 0 radical (unpaired) electrons. The van der Waals surface area contributed by atoms with Gasteiger partial charge in [0.25, 0.3) is 5.92 Å². The Morgan fingerprint density at radius 2 is 2.07 bits per heavy atom. The van der Waals surface area contributed by atoms with Gasteiger partial charge < -0.3 is 5.11 Å². The molecule has 0 unspecified atom stereocenters. The maximum atomic E-state index is 13.2. The fourth-order valence-electron chi connectivity index (χ4n) is 1.02. The summed E-state index contributed by atoms with van der Waals surface area (Å²) < 4.78 is 39.3. The minimum atomic E-state index is -3.56. The topological polar surface area (TPSA) is 37.3 Å². The number of alkyl halides is 2. The highest BCUT2D eigenvalue weighted by atomic mass is 79.9. The van der Waals surface area contributed by atoms with Gasteiger partial charge in [-0.05, 0) is 28.1 Å². The fraction of sp³-hybridized carbons (Fsp3) is 0.222. The molecule has 0 heterocycles. The predicted molar refractivity (Wildman–Crippen MR) is 50.2 cm³/mol. The van der Waals surface area contributed by atoms with Gasteiger partial charge in [0.1, 0.15) is 12.2 Å². The van der Waals surface area contributed by atoms with Crippen LogP contribution in [0.5, 0.6) is 0 Å². The first kappa shape index (κ1) is 12.0. The highest BCUT2D eigenvalue weighted by Crippen LogP contribution is 2.33. The average molecular weight is 283 g/mol. The largest absolute Gasteiger partial charge is 0.481 e. The van der Waals surface area contributed by atoms with Crippen molar-refractivity contribution in [3.63, 3.8) is 0 Å². The van der Waals surface area contributed by atoms with Crippen molar-refractivity contribution < 1.29 is 23.1 Å². The Kier molecular flexibility index (Phi) is 3.38. The summed E-state index contributed by atoms with van der Waals surface area (Å²) in [5.74, 6) is -6.05. The van der Waals surface area contributed by atoms with E-state index in [0.717, 1.165) is 12.1 Å². The van der Waals surface area contributed by atoms with Gasteiger partial charge in [-0.1, -0.05) is 6.07 Å². The molecule has 1 rings (SSSR count). The third-order valence-corrected chi connectivity index (χ3v) is 2.36. The van der Waals surface area contributed by atoms with Crippen LogP contribution in [-0.2, 0) is 10.7 Å². The molecule has 0 amide bonds. The van der Waals surface area contributed by atoms with Gasteiger partial charge in [0.15, 0.2) is 0 Å². The molecular weight excluding hydrogens is 277 g/mol. The van der Waals surface area contributed by atoms with Gasteiger partial charge in [0.05, 0.1) is 4.47 Å². The Bertz CT molecular complexity index is 393. The van der Waals surface area contributed by atoms with Crippen LogP contribution in [0.4, 0.5) is 13.2 Å². The van der Waals surface area contributed by atoms with Crippen LogP contribution in [0, 0.1) is 5.82 Å². The summed E-state index contributed by atoms with van der Waals surface area (Å²) in [6.45, 7) is 0.